The topological polar surface area (TPSA) is 69.4 Å². The zero-order valence-corrected chi connectivity index (χ0v) is 21.4. The summed E-state index contributed by atoms with van der Waals surface area (Å²) < 4.78 is 8.40. The summed E-state index contributed by atoms with van der Waals surface area (Å²) in [6, 6.07) is 15.5. The maximum Gasteiger partial charge on any atom is 0.346 e. The number of aryl methyl sites for hydroxylation is 1. The van der Waals surface area contributed by atoms with Gasteiger partial charge >= 0.3 is 5.69 Å². The molecule has 35 heavy (non-hydrogen) atoms. The molecule has 2 aromatic carbocycles. The number of aromatic nitrogens is 3. The minimum Gasteiger partial charge on any atom is -0.379 e. The van der Waals surface area contributed by atoms with Crippen LogP contribution in [0.25, 0.3) is 11.4 Å². The lowest BCUT2D eigenvalue weighted by Gasteiger charge is -2.26. The standard InChI is InChI=1S/C27H33ClN4O3/c1-20-5-4-6-22(17-20)27(2,3)18-24(33)19-32-26(34)31(12-11-30-13-15-35-16-14-30)25(29-32)21-7-9-23(28)10-8-21/h4-10,17H,11-16,18-19H2,1-3H3. The van der Waals surface area contributed by atoms with Crippen molar-refractivity contribution < 1.29 is 9.53 Å². The van der Waals surface area contributed by atoms with Crippen LogP contribution in [0.1, 0.15) is 31.4 Å². The second kappa shape index (κ2) is 10.9. The summed E-state index contributed by atoms with van der Waals surface area (Å²) in [6.45, 7) is 10.4. The summed E-state index contributed by atoms with van der Waals surface area (Å²) in [7, 11) is 0. The molecule has 7 nitrogen and oxygen atoms in total. The van der Waals surface area contributed by atoms with Gasteiger partial charge in [0.05, 0.1) is 13.2 Å². The number of halogens is 1. The van der Waals surface area contributed by atoms with Crippen LogP contribution in [0.4, 0.5) is 0 Å². The number of Topliss-reactive ketones (excluding diaryl/α,β-unsaturated/α-hetero) is 1. The van der Waals surface area contributed by atoms with E-state index in [0.717, 1.165) is 29.8 Å². The number of hydrogen-bond donors (Lipinski definition) is 0. The van der Waals surface area contributed by atoms with Crippen LogP contribution in [-0.2, 0) is 28.0 Å². The molecule has 3 aromatic rings. The van der Waals surface area contributed by atoms with Gasteiger partial charge in [-0.15, -0.1) is 5.10 Å². The Kier molecular flexibility index (Phi) is 7.89. The first kappa shape index (κ1) is 25.4. The normalized spacial score (nSPS) is 14.9. The number of benzene rings is 2. The van der Waals surface area contributed by atoms with Gasteiger partial charge in [-0.05, 0) is 42.2 Å². The van der Waals surface area contributed by atoms with Crippen molar-refractivity contribution in [2.24, 2.45) is 0 Å². The Hall–Kier alpha value is -2.74. The Morgan fingerprint density at radius 3 is 2.49 bits per heavy atom. The molecule has 0 N–H and O–H groups in total. The van der Waals surface area contributed by atoms with E-state index in [1.165, 1.54) is 4.68 Å². The molecule has 1 aromatic heterocycles. The SMILES string of the molecule is Cc1cccc(C(C)(C)CC(=O)Cn2nc(-c3ccc(Cl)cc3)n(CCN3CCOCC3)c2=O)c1. The number of nitrogens with zero attached hydrogens (tertiary/aromatic N) is 4. The first-order chi connectivity index (χ1) is 16.7. The molecule has 1 saturated heterocycles. The summed E-state index contributed by atoms with van der Waals surface area (Å²) in [5.74, 6) is 0.518. The van der Waals surface area contributed by atoms with E-state index in [1.54, 1.807) is 16.7 Å². The predicted molar refractivity (Wildman–Crippen MR) is 138 cm³/mol. The third-order valence-corrected chi connectivity index (χ3v) is 6.79. The molecule has 0 radical (unpaired) electrons. The van der Waals surface area contributed by atoms with Gasteiger partial charge in [0.2, 0.25) is 0 Å². The first-order valence-corrected chi connectivity index (χ1v) is 12.4. The summed E-state index contributed by atoms with van der Waals surface area (Å²) >= 11 is 6.07. The van der Waals surface area contributed by atoms with Gasteiger partial charge in [-0.25, -0.2) is 9.48 Å². The number of hydrogen-bond acceptors (Lipinski definition) is 5. The fraction of sp³-hybridized carbons (Fsp3) is 0.444. The second-order valence-corrected chi connectivity index (χ2v) is 10.3. The number of morpholine rings is 1. The molecule has 8 heteroatoms. The van der Waals surface area contributed by atoms with Crippen LogP contribution < -0.4 is 5.69 Å². The highest BCUT2D eigenvalue weighted by Gasteiger charge is 2.26. The monoisotopic (exact) mass is 496 g/mol. The molecule has 186 valence electrons. The molecule has 0 atom stereocenters. The van der Waals surface area contributed by atoms with Crippen molar-refractivity contribution in [1.29, 1.82) is 0 Å². The van der Waals surface area contributed by atoms with E-state index in [9.17, 15) is 9.59 Å². The van der Waals surface area contributed by atoms with E-state index in [0.29, 0.717) is 43.6 Å². The lowest BCUT2D eigenvalue weighted by atomic mass is 9.79. The van der Waals surface area contributed by atoms with Crippen molar-refractivity contribution in [3.63, 3.8) is 0 Å². The summed E-state index contributed by atoms with van der Waals surface area (Å²) in [4.78, 5) is 28.7. The molecule has 0 bridgehead atoms. The van der Waals surface area contributed by atoms with Crippen molar-refractivity contribution in [2.45, 2.75) is 45.7 Å². The van der Waals surface area contributed by atoms with Crippen LogP contribution in [0.5, 0.6) is 0 Å². The maximum absolute atomic E-state index is 13.4. The van der Waals surface area contributed by atoms with Crippen LogP contribution in [0.15, 0.2) is 53.3 Å². The Labute approximate surface area is 211 Å². The lowest BCUT2D eigenvalue weighted by Crippen LogP contribution is -2.39. The highest BCUT2D eigenvalue weighted by molar-refractivity contribution is 6.30. The van der Waals surface area contributed by atoms with Gasteiger partial charge in [0, 0.05) is 43.2 Å². The highest BCUT2D eigenvalue weighted by atomic mass is 35.5. The van der Waals surface area contributed by atoms with E-state index >= 15 is 0 Å². The van der Waals surface area contributed by atoms with Gasteiger partial charge in [-0.2, -0.15) is 0 Å². The van der Waals surface area contributed by atoms with Crippen molar-refractivity contribution in [2.75, 3.05) is 32.8 Å². The summed E-state index contributed by atoms with van der Waals surface area (Å²) in [5, 5.41) is 5.21. The van der Waals surface area contributed by atoms with Crippen LogP contribution in [0, 0.1) is 6.92 Å². The molecule has 0 saturated carbocycles. The van der Waals surface area contributed by atoms with Gasteiger partial charge < -0.3 is 4.74 Å². The number of ketones is 1. The molecule has 4 rings (SSSR count). The minimum absolute atomic E-state index is 0.0286. The van der Waals surface area contributed by atoms with Crippen molar-refractivity contribution in [3.05, 3.63) is 75.2 Å². The first-order valence-electron chi connectivity index (χ1n) is 12.1. The van der Waals surface area contributed by atoms with Crippen LogP contribution in [0.2, 0.25) is 5.02 Å². The molecule has 0 unspecified atom stereocenters. The van der Waals surface area contributed by atoms with Crippen LogP contribution >= 0.6 is 11.6 Å². The number of ether oxygens (including phenoxy) is 1. The van der Waals surface area contributed by atoms with Gasteiger partial charge in [0.1, 0.15) is 6.54 Å². The molecule has 0 amide bonds. The number of carbonyl (C=O) groups is 1. The van der Waals surface area contributed by atoms with Crippen molar-refractivity contribution >= 4 is 17.4 Å². The molecule has 1 fully saturated rings. The molecule has 0 spiro atoms. The van der Waals surface area contributed by atoms with Gasteiger partial charge in [0.15, 0.2) is 11.6 Å². The third-order valence-electron chi connectivity index (χ3n) is 6.53. The quantitative estimate of drug-likeness (QED) is 0.449. The molecule has 1 aliphatic rings. The number of carbonyl (C=O) groups excluding carboxylic acids is 1. The van der Waals surface area contributed by atoms with E-state index in [-0.39, 0.29) is 23.4 Å². The molecule has 2 heterocycles. The summed E-state index contributed by atoms with van der Waals surface area (Å²) in [6.07, 6.45) is 0.319. The van der Waals surface area contributed by atoms with Crippen molar-refractivity contribution in [1.82, 2.24) is 19.2 Å². The zero-order valence-electron chi connectivity index (χ0n) is 20.7. The zero-order chi connectivity index (χ0) is 25.0. The summed E-state index contributed by atoms with van der Waals surface area (Å²) in [5.41, 5.74) is 2.44. The van der Waals surface area contributed by atoms with E-state index in [2.05, 4.69) is 29.9 Å². The number of rotatable bonds is 9. The maximum atomic E-state index is 13.4. The third kappa shape index (κ3) is 6.28. The Morgan fingerprint density at radius 1 is 1.09 bits per heavy atom. The van der Waals surface area contributed by atoms with Gasteiger partial charge in [-0.1, -0.05) is 55.3 Å². The van der Waals surface area contributed by atoms with E-state index in [1.807, 2.05) is 37.3 Å². The largest absolute Gasteiger partial charge is 0.379 e. The molecular formula is C27H33ClN4O3. The molecular weight excluding hydrogens is 464 g/mol. The minimum atomic E-state index is -0.343. The molecule has 0 aliphatic carbocycles. The van der Waals surface area contributed by atoms with Gasteiger partial charge in [0.25, 0.3) is 0 Å². The Bertz CT molecular complexity index is 1220. The second-order valence-electron chi connectivity index (χ2n) is 9.85. The van der Waals surface area contributed by atoms with E-state index in [4.69, 9.17) is 16.3 Å². The highest BCUT2D eigenvalue weighted by Crippen LogP contribution is 2.28. The van der Waals surface area contributed by atoms with E-state index < -0.39 is 0 Å². The molecule has 1 aliphatic heterocycles. The predicted octanol–water partition coefficient (Wildman–Crippen LogP) is 3.94. The smallest absolute Gasteiger partial charge is 0.346 e. The lowest BCUT2D eigenvalue weighted by molar-refractivity contribution is -0.120. The fourth-order valence-electron chi connectivity index (χ4n) is 4.51. The Balaban J connectivity index is 1.56. The van der Waals surface area contributed by atoms with Crippen LogP contribution in [0.3, 0.4) is 0 Å². The fourth-order valence-corrected chi connectivity index (χ4v) is 4.63. The average Bonchev–Trinajstić information content (AvgIpc) is 3.13. The average molecular weight is 497 g/mol. The van der Waals surface area contributed by atoms with Gasteiger partial charge in [-0.3, -0.25) is 14.3 Å². The Morgan fingerprint density at radius 2 is 1.80 bits per heavy atom. The van der Waals surface area contributed by atoms with Crippen LogP contribution in [-0.4, -0.2) is 57.9 Å². The van der Waals surface area contributed by atoms with Crippen molar-refractivity contribution in [3.8, 4) is 11.4 Å².